The molecule has 0 aromatic heterocycles. The molecule has 0 saturated heterocycles. The van der Waals surface area contributed by atoms with E-state index in [1.54, 1.807) is 6.07 Å². The molecular formula is C24H20F3N3O7. The Morgan fingerprint density at radius 1 is 0.892 bits per heavy atom. The number of benzene rings is 3. The van der Waals surface area contributed by atoms with Crippen LogP contribution in [0, 0.1) is 10.1 Å². The summed E-state index contributed by atoms with van der Waals surface area (Å²) in [7, 11) is 4.22. The largest absolute Gasteiger partial charge is 0.493 e. The Kier molecular flexibility index (Phi) is 8.17. The normalized spacial score (nSPS) is 11.2. The van der Waals surface area contributed by atoms with Gasteiger partial charge in [-0.2, -0.15) is 18.3 Å². The van der Waals surface area contributed by atoms with E-state index in [1.165, 1.54) is 57.9 Å². The molecule has 0 unspecified atom stereocenters. The van der Waals surface area contributed by atoms with Crippen molar-refractivity contribution in [1.29, 1.82) is 0 Å². The first kappa shape index (κ1) is 26.8. The third-order valence-electron chi connectivity index (χ3n) is 4.92. The Bertz CT molecular complexity index is 1340. The molecule has 13 heteroatoms. The Hall–Kier alpha value is -4.81. The zero-order valence-electron chi connectivity index (χ0n) is 19.7. The lowest BCUT2D eigenvalue weighted by molar-refractivity contribution is -0.385. The van der Waals surface area contributed by atoms with Gasteiger partial charge in [-0.15, -0.1) is 0 Å². The molecule has 3 aromatic carbocycles. The van der Waals surface area contributed by atoms with E-state index in [0.717, 1.165) is 6.07 Å². The highest BCUT2D eigenvalue weighted by Crippen LogP contribution is 2.40. The summed E-state index contributed by atoms with van der Waals surface area (Å²) in [6.45, 7) is 0. The van der Waals surface area contributed by atoms with E-state index in [2.05, 4.69) is 10.5 Å². The molecule has 1 N–H and O–H groups in total. The average molecular weight is 519 g/mol. The molecule has 0 saturated carbocycles. The summed E-state index contributed by atoms with van der Waals surface area (Å²) in [6, 6.07) is 10.9. The van der Waals surface area contributed by atoms with Crippen molar-refractivity contribution in [1.82, 2.24) is 5.43 Å². The fourth-order valence-corrected chi connectivity index (χ4v) is 3.10. The van der Waals surface area contributed by atoms with Crippen LogP contribution >= 0.6 is 0 Å². The molecule has 0 heterocycles. The minimum Gasteiger partial charge on any atom is -0.493 e. The molecule has 3 aromatic rings. The van der Waals surface area contributed by atoms with E-state index < -0.39 is 34.0 Å². The average Bonchev–Trinajstić information content (AvgIpc) is 2.88. The summed E-state index contributed by atoms with van der Waals surface area (Å²) in [5.41, 5.74) is 1.05. The van der Waals surface area contributed by atoms with Crippen molar-refractivity contribution >= 4 is 17.8 Å². The van der Waals surface area contributed by atoms with Gasteiger partial charge in [0.25, 0.3) is 5.91 Å². The quantitative estimate of drug-likeness (QED) is 0.234. The lowest BCUT2D eigenvalue weighted by atomic mass is 10.1. The van der Waals surface area contributed by atoms with Crippen molar-refractivity contribution in [3.05, 3.63) is 81.4 Å². The number of hydrogen-bond acceptors (Lipinski definition) is 8. The fourth-order valence-electron chi connectivity index (χ4n) is 3.10. The third-order valence-corrected chi connectivity index (χ3v) is 4.92. The van der Waals surface area contributed by atoms with E-state index >= 15 is 0 Å². The Balaban J connectivity index is 1.77. The number of carbonyl (C=O) groups is 1. The Labute approximate surface area is 208 Å². The fraction of sp³-hybridized carbons (Fsp3) is 0.167. The molecule has 0 aliphatic carbocycles. The molecule has 37 heavy (non-hydrogen) atoms. The van der Waals surface area contributed by atoms with Crippen LogP contribution in [0.5, 0.6) is 28.7 Å². The van der Waals surface area contributed by atoms with Gasteiger partial charge >= 0.3 is 11.9 Å². The first-order chi connectivity index (χ1) is 17.6. The predicted molar refractivity (Wildman–Crippen MR) is 126 cm³/mol. The molecule has 10 nitrogen and oxygen atoms in total. The SMILES string of the molecule is COc1ccc(C(=O)N/N=C/c2ccc(Oc3ccc(C(F)(F)F)cc3[N+](=O)[O-])c(OC)c2)cc1OC. The lowest BCUT2D eigenvalue weighted by Gasteiger charge is -2.12. The van der Waals surface area contributed by atoms with Crippen LogP contribution in [0.25, 0.3) is 0 Å². The Morgan fingerprint density at radius 2 is 1.51 bits per heavy atom. The number of halogens is 3. The molecule has 0 radical (unpaired) electrons. The van der Waals surface area contributed by atoms with Gasteiger partial charge in [0.2, 0.25) is 5.75 Å². The van der Waals surface area contributed by atoms with Gasteiger partial charge < -0.3 is 18.9 Å². The summed E-state index contributed by atoms with van der Waals surface area (Å²) in [4.78, 5) is 22.7. The van der Waals surface area contributed by atoms with Crippen LogP contribution in [0.1, 0.15) is 21.5 Å². The minimum absolute atomic E-state index is 0.0110. The van der Waals surface area contributed by atoms with Crippen LogP contribution < -0.4 is 24.4 Å². The van der Waals surface area contributed by atoms with Gasteiger partial charge in [-0.1, -0.05) is 0 Å². The van der Waals surface area contributed by atoms with Crippen molar-refractivity contribution in [3.8, 4) is 28.7 Å². The second-order valence-corrected chi connectivity index (χ2v) is 7.22. The van der Waals surface area contributed by atoms with E-state index in [-0.39, 0.29) is 17.1 Å². The lowest BCUT2D eigenvalue weighted by Crippen LogP contribution is -2.17. The summed E-state index contributed by atoms with van der Waals surface area (Å²) in [5, 5.41) is 15.2. The molecule has 0 aliphatic rings. The van der Waals surface area contributed by atoms with Gasteiger partial charge in [0.1, 0.15) is 0 Å². The molecular weight excluding hydrogens is 499 g/mol. The summed E-state index contributed by atoms with van der Waals surface area (Å²) in [6.07, 6.45) is -3.44. The van der Waals surface area contributed by atoms with Crippen molar-refractivity contribution in [3.63, 3.8) is 0 Å². The smallest absolute Gasteiger partial charge is 0.416 e. The van der Waals surface area contributed by atoms with Crippen LogP contribution in [-0.4, -0.2) is 38.4 Å². The van der Waals surface area contributed by atoms with Crippen LogP contribution in [-0.2, 0) is 6.18 Å². The van der Waals surface area contributed by atoms with Crippen LogP contribution in [0.15, 0.2) is 59.7 Å². The number of nitrogens with zero attached hydrogens (tertiary/aromatic N) is 2. The molecule has 1 amide bonds. The number of nitro groups is 1. The van der Waals surface area contributed by atoms with Crippen molar-refractivity contribution in [2.24, 2.45) is 5.10 Å². The van der Waals surface area contributed by atoms with Gasteiger partial charge in [0.15, 0.2) is 23.0 Å². The first-order valence-corrected chi connectivity index (χ1v) is 10.3. The highest BCUT2D eigenvalue weighted by atomic mass is 19.4. The van der Waals surface area contributed by atoms with Crippen LogP contribution in [0.3, 0.4) is 0 Å². The second kappa shape index (κ2) is 11.3. The van der Waals surface area contributed by atoms with E-state index in [9.17, 15) is 28.1 Å². The number of rotatable bonds is 9. The van der Waals surface area contributed by atoms with Crippen LogP contribution in [0.4, 0.5) is 18.9 Å². The summed E-state index contributed by atoms with van der Waals surface area (Å²) < 4.78 is 59.8. The number of amides is 1. The number of methoxy groups -OCH3 is 3. The minimum atomic E-state index is -4.75. The number of ether oxygens (including phenoxy) is 4. The van der Waals surface area contributed by atoms with Crippen LogP contribution in [0.2, 0.25) is 0 Å². The van der Waals surface area contributed by atoms with Gasteiger partial charge in [0.05, 0.1) is 38.0 Å². The molecule has 0 fully saturated rings. The topological polar surface area (TPSA) is 122 Å². The molecule has 0 aliphatic heterocycles. The highest BCUT2D eigenvalue weighted by Gasteiger charge is 2.33. The third kappa shape index (κ3) is 6.45. The van der Waals surface area contributed by atoms with E-state index in [0.29, 0.717) is 29.2 Å². The second-order valence-electron chi connectivity index (χ2n) is 7.22. The zero-order valence-corrected chi connectivity index (χ0v) is 19.7. The molecule has 0 atom stereocenters. The van der Waals surface area contributed by atoms with Crippen molar-refractivity contribution < 1.29 is 41.8 Å². The molecule has 194 valence electrons. The maximum atomic E-state index is 12.9. The first-order valence-electron chi connectivity index (χ1n) is 10.3. The highest BCUT2D eigenvalue weighted by molar-refractivity contribution is 5.95. The van der Waals surface area contributed by atoms with Crippen molar-refractivity contribution in [2.45, 2.75) is 6.18 Å². The predicted octanol–water partition coefficient (Wildman–Crippen LogP) is 5.20. The molecule has 3 rings (SSSR count). The summed E-state index contributed by atoms with van der Waals surface area (Å²) in [5.74, 6) is 0.0335. The van der Waals surface area contributed by atoms with Gasteiger partial charge in [0, 0.05) is 11.6 Å². The monoisotopic (exact) mass is 519 g/mol. The number of hydrazone groups is 1. The number of alkyl halides is 3. The van der Waals surface area contributed by atoms with Gasteiger partial charge in [-0.05, 0) is 54.1 Å². The maximum absolute atomic E-state index is 12.9. The number of nitro benzene ring substituents is 1. The standard InChI is InChI=1S/C24H20F3N3O7/c1-34-19-8-5-15(11-22(19)36-3)23(31)29-28-13-14-4-7-20(21(10-14)35-2)37-18-9-6-16(24(25,26)27)12-17(18)30(32)33/h4-13H,1-3H3,(H,29,31)/b28-13+. The summed E-state index contributed by atoms with van der Waals surface area (Å²) >= 11 is 0. The van der Waals surface area contributed by atoms with Crippen molar-refractivity contribution in [2.75, 3.05) is 21.3 Å². The number of carbonyl (C=O) groups excluding carboxylic acids is 1. The molecule has 0 bridgehead atoms. The van der Waals surface area contributed by atoms with E-state index in [1.807, 2.05) is 0 Å². The maximum Gasteiger partial charge on any atom is 0.416 e. The molecule has 0 spiro atoms. The number of hydrogen-bond donors (Lipinski definition) is 1. The van der Waals surface area contributed by atoms with Gasteiger partial charge in [-0.25, -0.2) is 5.43 Å². The Morgan fingerprint density at radius 3 is 2.14 bits per heavy atom. The zero-order chi connectivity index (χ0) is 27.2. The number of nitrogens with one attached hydrogen (secondary N) is 1. The van der Waals surface area contributed by atoms with Gasteiger partial charge in [-0.3, -0.25) is 14.9 Å². The van der Waals surface area contributed by atoms with E-state index in [4.69, 9.17) is 18.9 Å².